The average Bonchev–Trinajstić information content (AvgIpc) is 3.07. The molecule has 0 unspecified atom stereocenters. The van der Waals surface area contributed by atoms with Crippen molar-refractivity contribution in [1.82, 2.24) is 14.9 Å². The standard InChI is InChI=1S/C13H8Cl2N4S2/c14-8-3-4-10(11(15)6-8)12-17-18-13(20)19(12)16-7-9-2-1-5-21-9/h1-7H,(H,18,20)/b16-7+. The highest BCUT2D eigenvalue weighted by Gasteiger charge is 2.12. The predicted molar refractivity (Wildman–Crippen MR) is 90.2 cm³/mol. The molecule has 2 heterocycles. The van der Waals surface area contributed by atoms with Crippen LogP contribution in [0.5, 0.6) is 0 Å². The molecule has 0 fully saturated rings. The number of rotatable bonds is 3. The molecule has 0 amide bonds. The van der Waals surface area contributed by atoms with E-state index >= 15 is 0 Å². The first-order valence-corrected chi connectivity index (χ1v) is 7.90. The third kappa shape index (κ3) is 3.08. The zero-order valence-electron chi connectivity index (χ0n) is 10.5. The smallest absolute Gasteiger partial charge is 0.216 e. The zero-order chi connectivity index (χ0) is 14.8. The monoisotopic (exact) mass is 354 g/mol. The highest BCUT2D eigenvalue weighted by atomic mass is 35.5. The van der Waals surface area contributed by atoms with Crippen molar-refractivity contribution in [2.24, 2.45) is 5.10 Å². The Labute approximate surface area is 139 Å². The molecular weight excluding hydrogens is 347 g/mol. The third-order valence-electron chi connectivity index (χ3n) is 2.67. The van der Waals surface area contributed by atoms with Crippen molar-refractivity contribution < 1.29 is 0 Å². The number of thiophene rings is 1. The molecule has 0 atom stereocenters. The second-order valence-electron chi connectivity index (χ2n) is 4.05. The normalized spacial score (nSPS) is 11.3. The molecule has 0 spiro atoms. The van der Waals surface area contributed by atoms with Crippen LogP contribution in [0.3, 0.4) is 0 Å². The number of hydrogen-bond donors (Lipinski definition) is 1. The highest BCUT2D eigenvalue weighted by Crippen LogP contribution is 2.29. The summed E-state index contributed by atoms with van der Waals surface area (Å²) in [6.45, 7) is 0. The fourth-order valence-electron chi connectivity index (χ4n) is 1.72. The first kappa shape index (κ1) is 14.5. The first-order valence-electron chi connectivity index (χ1n) is 5.86. The van der Waals surface area contributed by atoms with Crippen LogP contribution in [0, 0.1) is 4.77 Å². The Morgan fingerprint density at radius 2 is 2.19 bits per heavy atom. The molecule has 106 valence electrons. The van der Waals surface area contributed by atoms with Gasteiger partial charge in [-0.05, 0) is 41.9 Å². The summed E-state index contributed by atoms with van der Waals surface area (Å²) in [6, 6.07) is 9.11. The summed E-state index contributed by atoms with van der Waals surface area (Å²) in [7, 11) is 0. The number of benzene rings is 1. The summed E-state index contributed by atoms with van der Waals surface area (Å²) >= 11 is 18.9. The molecule has 0 saturated carbocycles. The number of H-pyrrole nitrogens is 1. The Bertz CT molecular complexity index is 849. The van der Waals surface area contributed by atoms with Gasteiger partial charge < -0.3 is 0 Å². The molecule has 0 aliphatic carbocycles. The number of nitrogens with zero attached hydrogens (tertiary/aromatic N) is 3. The van der Waals surface area contributed by atoms with E-state index in [1.165, 1.54) is 4.68 Å². The van der Waals surface area contributed by atoms with E-state index in [4.69, 9.17) is 35.4 Å². The van der Waals surface area contributed by atoms with E-state index < -0.39 is 0 Å². The highest BCUT2D eigenvalue weighted by molar-refractivity contribution is 7.71. The lowest BCUT2D eigenvalue weighted by atomic mass is 10.2. The van der Waals surface area contributed by atoms with Gasteiger partial charge in [-0.2, -0.15) is 14.9 Å². The molecule has 1 aromatic carbocycles. The van der Waals surface area contributed by atoms with Crippen molar-refractivity contribution in [3.8, 4) is 11.4 Å². The molecule has 0 radical (unpaired) electrons. The fourth-order valence-corrected chi connectivity index (χ4v) is 2.97. The second kappa shape index (κ2) is 6.11. The van der Waals surface area contributed by atoms with E-state index in [1.807, 2.05) is 17.5 Å². The van der Waals surface area contributed by atoms with Gasteiger partial charge >= 0.3 is 0 Å². The molecular formula is C13H8Cl2N4S2. The Morgan fingerprint density at radius 1 is 1.33 bits per heavy atom. The SMILES string of the molecule is S=c1[nH]nc(-c2ccc(Cl)cc2Cl)n1/N=C/c1cccs1. The van der Waals surface area contributed by atoms with Crippen LogP contribution >= 0.6 is 46.8 Å². The molecule has 0 bridgehead atoms. The average molecular weight is 355 g/mol. The molecule has 0 aliphatic rings. The number of hydrogen-bond acceptors (Lipinski definition) is 4. The predicted octanol–water partition coefficient (Wildman–Crippen LogP) is 4.86. The lowest BCUT2D eigenvalue weighted by molar-refractivity contribution is 0.872. The van der Waals surface area contributed by atoms with Crippen molar-refractivity contribution in [2.75, 3.05) is 0 Å². The van der Waals surface area contributed by atoms with Gasteiger partial charge in [0.05, 0.1) is 11.2 Å². The summed E-state index contributed by atoms with van der Waals surface area (Å²) in [5.74, 6) is 0.537. The van der Waals surface area contributed by atoms with Crippen LogP contribution in [0.2, 0.25) is 10.0 Å². The van der Waals surface area contributed by atoms with Gasteiger partial charge in [-0.3, -0.25) is 0 Å². The van der Waals surface area contributed by atoms with E-state index in [0.29, 0.717) is 26.2 Å². The largest absolute Gasteiger partial charge is 0.250 e. The third-order valence-corrected chi connectivity index (χ3v) is 4.29. The summed E-state index contributed by atoms with van der Waals surface area (Å²) in [4.78, 5) is 1.02. The number of halogens is 2. The Kier molecular flexibility index (Phi) is 4.21. The van der Waals surface area contributed by atoms with Gasteiger partial charge in [-0.25, -0.2) is 5.10 Å². The lowest BCUT2D eigenvalue weighted by Crippen LogP contribution is -1.95. The van der Waals surface area contributed by atoms with Crippen LogP contribution in [0.1, 0.15) is 4.88 Å². The molecule has 8 heteroatoms. The second-order valence-corrected chi connectivity index (χ2v) is 6.26. The van der Waals surface area contributed by atoms with Crippen molar-refractivity contribution in [1.29, 1.82) is 0 Å². The molecule has 2 aromatic heterocycles. The van der Waals surface area contributed by atoms with Crippen LogP contribution in [0.4, 0.5) is 0 Å². The Hall–Kier alpha value is -1.47. The molecule has 0 saturated heterocycles. The van der Waals surface area contributed by atoms with E-state index in [1.54, 1.807) is 35.8 Å². The zero-order valence-corrected chi connectivity index (χ0v) is 13.6. The molecule has 1 N–H and O–H groups in total. The van der Waals surface area contributed by atoms with Crippen LogP contribution in [0.25, 0.3) is 11.4 Å². The van der Waals surface area contributed by atoms with Crippen LogP contribution in [-0.2, 0) is 0 Å². The van der Waals surface area contributed by atoms with Crippen LogP contribution in [-0.4, -0.2) is 21.1 Å². The number of nitrogens with one attached hydrogen (secondary N) is 1. The van der Waals surface area contributed by atoms with Crippen LogP contribution < -0.4 is 0 Å². The van der Waals surface area contributed by atoms with Gasteiger partial charge in [0, 0.05) is 15.5 Å². The molecule has 3 rings (SSSR count). The summed E-state index contributed by atoms with van der Waals surface area (Å²) in [5.41, 5.74) is 0.705. The number of aromatic nitrogens is 3. The van der Waals surface area contributed by atoms with E-state index in [2.05, 4.69) is 15.3 Å². The van der Waals surface area contributed by atoms with Gasteiger partial charge in [0.2, 0.25) is 4.77 Å². The summed E-state index contributed by atoms with van der Waals surface area (Å²) in [6.07, 6.45) is 1.73. The lowest BCUT2D eigenvalue weighted by Gasteiger charge is -2.03. The van der Waals surface area contributed by atoms with Gasteiger partial charge in [-0.1, -0.05) is 29.3 Å². The van der Waals surface area contributed by atoms with E-state index in [-0.39, 0.29) is 0 Å². The molecule has 21 heavy (non-hydrogen) atoms. The first-order chi connectivity index (χ1) is 10.1. The molecule has 0 aliphatic heterocycles. The maximum absolute atomic E-state index is 6.21. The minimum absolute atomic E-state index is 0.392. The topological polar surface area (TPSA) is 46.0 Å². The quantitative estimate of drug-likeness (QED) is 0.539. The van der Waals surface area contributed by atoms with Gasteiger partial charge in [0.15, 0.2) is 5.82 Å². The van der Waals surface area contributed by atoms with E-state index in [0.717, 1.165) is 4.88 Å². The van der Waals surface area contributed by atoms with E-state index in [9.17, 15) is 0 Å². The van der Waals surface area contributed by atoms with Gasteiger partial charge in [-0.15, -0.1) is 11.3 Å². The van der Waals surface area contributed by atoms with Crippen molar-refractivity contribution in [2.45, 2.75) is 0 Å². The minimum atomic E-state index is 0.392. The Balaban J connectivity index is 2.06. The maximum Gasteiger partial charge on any atom is 0.216 e. The van der Waals surface area contributed by atoms with Gasteiger partial charge in [0.1, 0.15) is 0 Å². The Morgan fingerprint density at radius 3 is 2.90 bits per heavy atom. The van der Waals surface area contributed by atoms with Gasteiger partial charge in [0.25, 0.3) is 0 Å². The fraction of sp³-hybridized carbons (Fsp3) is 0. The summed E-state index contributed by atoms with van der Waals surface area (Å²) < 4.78 is 1.92. The number of aromatic amines is 1. The molecule has 4 nitrogen and oxygen atoms in total. The minimum Gasteiger partial charge on any atom is -0.250 e. The molecule has 3 aromatic rings. The van der Waals surface area contributed by atoms with Crippen LogP contribution in [0.15, 0.2) is 40.8 Å². The maximum atomic E-state index is 6.21. The van der Waals surface area contributed by atoms with Crippen molar-refractivity contribution in [3.63, 3.8) is 0 Å². The summed E-state index contributed by atoms with van der Waals surface area (Å²) in [5, 5.41) is 14.3. The van der Waals surface area contributed by atoms with Crippen molar-refractivity contribution >= 4 is 53.0 Å². The van der Waals surface area contributed by atoms with Crippen molar-refractivity contribution in [3.05, 3.63) is 55.4 Å².